The van der Waals surface area contributed by atoms with Gasteiger partial charge in [-0.05, 0) is 46.9 Å². The molecule has 0 aliphatic heterocycles. The number of hydrogen-bond acceptors (Lipinski definition) is 4. The molecule has 0 aromatic heterocycles. The lowest BCUT2D eigenvalue weighted by atomic mass is 10.0. The molecule has 0 saturated carbocycles. The van der Waals surface area contributed by atoms with Gasteiger partial charge in [0.05, 0.1) is 12.9 Å². The molecule has 2 amide bonds. The quantitative estimate of drug-likeness (QED) is 0.290. The van der Waals surface area contributed by atoms with Crippen molar-refractivity contribution in [1.29, 1.82) is 0 Å². The smallest absolute Gasteiger partial charge is 0.243 e. The first-order valence-corrected chi connectivity index (χ1v) is 13.9. The largest absolute Gasteiger partial charge is 0.497 e. The van der Waals surface area contributed by atoms with Crippen LogP contribution in [0.3, 0.4) is 0 Å². The highest BCUT2D eigenvalue weighted by molar-refractivity contribution is 7.99. The van der Waals surface area contributed by atoms with Crippen LogP contribution in [-0.4, -0.2) is 42.2 Å². The topological polar surface area (TPSA) is 58.6 Å². The van der Waals surface area contributed by atoms with Crippen LogP contribution < -0.4 is 10.1 Å². The molecule has 0 heterocycles. The summed E-state index contributed by atoms with van der Waals surface area (Å²) in [6.45, 7) is 4.97. The summed E-state index contributed by atoms with van der Waals surface area (Å²) in [6.07, 6.45) is 0.433. The molecule has 0 bridgehead atoms. The Morgan fingerprint density at radius 1 is 0.946 bits per heavy atom. The Kier molecular flexibility index (Phi) is 11.4. The highest BCUT2D eigenvalue weighted by Gasteiger charge is 2.30. The number of nitrogens with one attached hydrogen (secondary N) is 1. The van der Waals surface area contributed by atoms with E-state index in [1.165, 1.54) is 11.8 Å². The third-order valence-corrected chi connectivity index (χ3v) is 7.09. The summed E-state index contributed by atoms with van der Waals surface area (Å²) >= 11 is 7.53. The first kappa shape index (κ1) is 28.6. The average molecular weight is 539 g/mol. The van der Waals surface area contributed by atoms with Crippen molar-refractivity contribution in [2.24, 2.45) is 5.92 Å². The van der Waals surface area contributed by atoms with Crippen LogP contribution in [-0.2, 0) is 28.3 Å². The predicted molar refractivity (Wildman–Crippen MR) is 153 cm³/mol. The molecule has 196 valence electrons. The fourth-order valence-corrected chi connectivity index (χ4v) is 4.86. The summed E-state index contributed by atoms with van der Waals surface area (Å²) in [5, 5.41) is 3.74. The van der Waals surface area contributed by atoms with Gasteiger partial charge in [0.25, 0.3) is 0 Å². The number of ether oxygens (including phenoxy) is 1. The lowest BCUT2D eigenvalue weighted by molar-refractivity contribution is -0.139. The summed E-state index contributed by atoms with van der Waals surface area (Å²) in [6, 6.07) is 24.5. The van der Waals surface area contributed by atoms with Gasteiger partial charge in [-0.25, -0.2) is 0 Å². The number of halogens is 1. The molecule has 1 unspecified atom stereocenters. The minimum absolute atomic E-state index is 0.0811. The van der Waals surface area contributed by atoms with Crippen molar-refractivity contribution < 1.29 is 14.3 Å². The average Bonchev–Trinajstić information content (AvgIpc) is 2.91. The molecule has 0 aliphatic rings. The lowest BCUT2D eigenvalue weighted by Gasteiger charge is -2.32. The maximum Gasteiger partial charge on any atom is 0.243 e. The van der Waals surface area contributed by atoms with Crippen molar-refractivity contribution >= 4 is 35.2 Å². The van der Waals surface area contributed by atoms with Crippen LogP contribution in [0.25, 0.3) is 0 Å². The van der Waals surface area contributed by atoms with Crippen molar-refractivity contribution in [3.63, 3.8) is 0 Å². The predicted octanol–water partition coefficient (Wildman–Crippen LogP) is 5.99. The second kappa shape index (κ2) is 14.7. The Morgan fingerprint density at radius 2 is 1.65 bits per heavy atom. The van der Waals surface area contributed by atoms with Gasteiger partial charge in [0.2, 0.25) is 11.8 Å². The zero-order valence-electron chi connectivity index (χ0n) is 21.7. The molecule has 3 rings (SSSR count). The molecule has 0 radical (unpaired) electrons. The van der Waals surface area contributed by atoms with E-state index >= 15 is 0 Å². The number of thioether (sulfide) groups is 1. The van der Waals surface area contributed by atoms with Crippen LogP contribution in [0.4, 0.5) is 0 Å². The number of carbonyl (C=O) groups excluding carboxylic acids is 2. The van der Waals surface area contributed by atoms with Gasteiger partial charge in [0.15, 0.2) is 0 Å². The maximum atomic E-state index is 13.7. The number of nitrogens with zero attached hydrogens (tertiary/aromatic N) is 1. The lowest BCUT2D eigenvalue weighted by Crippen LogP contribution is -2.51. The van der Waals surface area contributed by atoms with Crippen LogP contribution in [0.15, 0.2) is 78.9 Å². The summed E-state index contributed by atoms with van der Waals surface area (Å²) in [5.74, 6) is 1.73. The van der Waals surface area contributed by atoms with Crippen molar-refractivity contribution in [2.75, 3.05) is 19.4 Å². The Balaban J connectivity index is 1.85. The van der Waals surface area contributed by atoms with Crippen molar-refractivity contribution in [2.45, 2.75) is 38.6 Å². The van der Waals surface area contributed by atoms with Crippen LogP contribution in [0.2, 0.25) is 5.02 Å². The van der Waals surface area contributed by atoms with E-state index in [4.69, 9.17) is 16.3 Å². The normalized spacial score (nSPS) is 11.7. The number of hydrogen-bond donors (Lipinski definition) is 1. The second-order valence-corrected chi connectivity index (χ2v) is 10.8. The van der Waals surface area contributed by atoms with E-state index in [0.29, 0.717) is 42.0 Å². The van der Waals surface area contributed by atoms with E-state index in [9.17, 15) is 9.59 Å². The molecule has 1 atom stereocenters. The molecule has 3 aromatic carbocycles. The molecule has 0 fully saturated rings. The highest BCUT2D eigenvalue weighted by Crippen LogP contribution is 2.21. The van der Waals surface area contributed by atoms with Gasteiger partial charge < -0.3 is 15.0 Å². The molecular weight excluding hydrogens is 504 g/mol. The number of rotatable bonds is 13. The Morgan fingerprint density at radius 3 is 2.32 bits per heavy atom. The Hall–Kier alpha value is -2.96. The molecule has 0 aliphatic carbocycles. The number of carbonyl (C=O) groups is 2. The monoisotopic (exact) mass is 538 g/mol. The zero-order valence-corrected chi connectivity index (χ0v) is 23.2. The fourth-order valence-electron chi connectivity index (χ4n) is 3.86. The Bertz CT molecular complexity index is 1140. The SMILES string of the molecule is COc1cccc(CN(C(=O)CSCc2ccc(Cl)cc2)C(Cc2ccccc2)C(=O)NCC(C)C)c1. The van der Waals surface area contributed by atoms with Gasteiger partial charge in [-0.1, -0.05) is 80.0 Å². The first-order valence-electron chi connectivity index (χ1n) is 12.4. The summed E-state index contributed by atoms with van der Waals surface area (Å²) in [4.78, 5) is 28.9. The Labute approximate surface area is 229 Å². The third kappa shape index (κ3) is 9.45. The summed E-state index contributed by atoms with van der Waals surface area (Å²) in [7, 11) is 1.62. The van der Waals surface area contributed by atoms with Crippen LogP contribution in [0.5, 0.6) is 5.75 Å². The molecule has 1 N–H and O–H groups in total. The zero-order chi connectivity index (χ0) is 26.6. The molecule has 0 saturated heterocycles. The first-order chi connectivity index (χ1) is 17.9. The van der Waals surface area contributed by atoms with Gasteiger partial charge in [0, 0.05) is 30.3 Å². The molecule has 7 heteroatoms. The second-order valence-electron chi connectivity index (χ2n) is 9.34. The van der Waals surface area contributed by atoms with Crippen LogP contribution >= 0.6 is 23.4 Å². The molecule has 5 nitrogen and oxygen atoms in total. The van der Waals surface area contributed by atoms with Gasteiger partial charge in [-0.15, -0.1) is 11.8 Å². The fraction of sp³-hybridized carbons (Fsp3) is 0.333. The molecule has 3 aromatic rings. The van der Waals surface area contributed by atoms with Crippen molar-refractivity contribution in [3.05, 3.63) is 101 Å². The van der Waals surface area contributed by atoms with E-state index in [1.807, 2.05) is 78.9 Å². The summed E-state index contributed by atoms with van der Waals surface area (Å²) in [5.41, 5.74) is 3.01. The van der Waals surface area contributed by atoms with Crippen molar-refractivity contribution in [1.82, 2.24) is 10.2 Å². The van der Waals surface area contributed by atoms with E-state index < -0.39 is 6.04 Å². The van der Waals surface area contributed by atoms with E-state index in [2.05, 4.69) is 19.2 Å². The number of amides is 2. The van der Waals surface area contributed by atoms with Gasteiger partial charge in [-0.2, -0.15) is 0 Å². The van der Waals surface area contributed by atoms with E-state index in [0.717, 1.165) is 16.7 Å². The number of benzene rings is 3. The van der Waals surface area contributed by atoms with Gasteiger partial charge in [0.1, 0.15) is 11.8 Å². The van der Waals surface area contributed by atoms with Gasteiger partial charge in [-0.3, -0.25) is 9.59 Å². The standard InChI is InChI=1S/C30H35ClN2O3S/c1-22(2)18-32-30(35)28(17-23-8-5-4-6-9-23)33(19-25-10-7-11-27(16-25)36-3)29(34)21-37-20-24-12-14-26(31)15-13-24/h4-16,22,28H,17-21H2,1-3H3,(H,32,35). The van der Waals surface area contributed by atoms with Crippen molar-refractivity contribution in [3.8, 4) is 5.75 Å². The van der Waals surface area contributed by atoms with Crippen LogP contribution in [0, 0.1) is 5.92 Å². The molecule has 37 heavy (non-hydrogen) atoms. The minimum Gasteiger partial charge on any atom is -0.497 e. The molecular formula is C30H35ClN2O3S. The van der Waals surface area contributed by atoms with Gasteiger partial charge >= 0.3 is 0 Å². The highest BCUT2D eigenvalue weighted by atomic mass is 35.5. The summed E-state index contributed by atoms with van der Waals surface area (Å²) < 4.78 is 5.39. The van der Waals surface area contributed by atoms with Crippen LogP contribution in [0.1, 0.15) is 30.5 Å². The molecule has 0 spiro atoms. The van der Waals surface area contributed by atoms with E-state index in [-0.39, 0.29) is 17.6 Å². The van der Waals surface area contributed by atoms with E-state index in [1.54, 1.807) is 12.0 Å². The third-order valence-electron chi connectivity index (χ3n) is 5.85. The minimum atomic E-state index is -0.643. The maximum absolute atomic E-state index is 13.7. The number of methoxy groups -OCH3 is 1.